The maximum atomic E-state index is 11.8. The summed E-state index contributed by atoms with van der Waals surface area (Å²) < 4.78 is 3.58. The van der Waals surface area contributed by atoms with E-state index in [4.69, 9.17) is 5.11 Å². The van der Waals surface area contributed by atoms with Crippen molar-refractivity contribution < 1.29 is 9.90 Å². The van der Waals surface area contributed by atoms with Gasteiger partial charge in [-0.1, -0.05) is 0 Å². The van der Waals surface area contributed by atoms with Crippen molar-refractivity contribution in [1.29, 1.82) is 0 Å². The third kappa shape index (κ3) is 2.99. The van der Waals surface area contributed by atoms with E-state index in [1.807, 2.05) is 0 Å². The van der Waals surface area contributed by atoms with Crippen LogP contribution in [0.25, 0.3) is 0 Å². The van der Waals surface area contributed by atoms with E-state index in [0.717, 1.165) is 9.25 Å². The van der Waals surface area contributed by atoms with Crippen molar-refractivity contribution in [2.45, 2.75) is 6.54 Å². The van der Waals surface area contributed by atoms with Crippen LogP contribution in [0.15, 0.2) is 22.1 Å². The summed E-state index contributed by atoms with van der Waals surface area (Å²) in [5, 5.41) is 15.4. The Morgan fingerprint density at radius 1 is 1.38 bits per heavy atom. The average molecular weight is 294 g/mol. The van der Waals surface area contributed by atoms with Crippen LogP contribution in [0.3, 0.4) is 0 Å². The lowest BCUT2D eigenvalue weighted by Gasteiger charge is -2.08. The molecule has 2 aromatic rings. The Hall–Kier alpha value is -2.91. The van der Waals surface area contributed by atoms with Crippen LogP contribution in [0.4, 0.5) is 5.82 Å². The van der Waals surface area contributed by atoms with Gasteiger partial charge in [0, 0.05) is 33.4 Å². The number of carboxylic acids is 1. The lowest BCUT2D eigenvalue weighted by atomic mass is 10.5. The number of hydrogen-bond donors (Lipinski definition) is 2. The lowest BCUT2D eigenvalue weighted by molar-refractivity contribution is 0.0691. The van der Waals surface area contributed by atoms with Crippen molar-refractivity contribution in [2.75, 3.05) is 11.9 Å². The molecule has 0 aromatic carbocycles. The number of aromatic carboxylic acids is 1. The molecule has 0 amide bonds. The van der Waals surface area contributed by atoms with E-state index in [2.05, 4.69) is 15.4 Å². The SMILES string of the molecule is Cn1nc(NCCn2cnc(C(=O)O)c2)c(=O)n(C)c1=O. The standard InChI is InChI=1S/C11H14N6O4/c1-15-9(18)8(14-16(2)11(15)21)12-3-4-17-5-7(10(19)20)13-6-17/h5-6H,3-4H2,1-2H3,(H,12,14)(H,19,20). The normalized spacial score (nSPS) is 10.6. The number of imidazole rings is 1. The molecule has 0 atom stereocenters. The largest absolute Gasteiger partial charge is 0.476 e. The van der Waals surface area contributed by atoms with Crippen LogP contribution in [0.5, 0.6) is 0 Å². The van der Waals surface area contributed by atoms with Crippen molar-refractivity contribution in [1.82, 2.24) is 23.9 Å². The van der Waals surface area contributed by atoms with Gasteiger partial charge in [-0.2, -0.15) is 0 Å². The molecule has 0 saturated heterocycles. The van der Waals surface area contributed by atoms with Gasteiger partial charge in [-0.25, -0.2) is 19.3 Å². The molecular weight excluding hydrogens is 280 g/mol. The lowest BCUT2D eigenvalue weighted by Crippen LogP contribution is -2.40. The maximum Gasteiger partial charge on any atom is 0.356 e. The number of aromatic nitrogens is 5. The number of rotatable bonds is 5. The molecule has 0 fully saturated rings. The van der Waals surface area contributed by atoms with Gasteiger partial charge in [-0.15, -0.1) is 5.10 Å². The predicted octanol–water partition coefficient (Wildman–Crippen LogP) is -1.51. The van der Waals surface area contributed by atoms with Gasteiger partial charge in [0.25, 0.3) is 5.56 Å². The number of anilines is 1. The first-order valence-electron chi connectivity index (χ1n) is 6.03. The molecule has 2 N–H and O–H groups in total. The third-order valence-corrected chi connectivity index (χ3v) is 2.84. The Bertz CT molecular complexity index is 787. The monoisotopic (exact) mass is 294 g/mol. The maximum absolute atomic E-state index is 11.8. The highest BCUT2D eigenvalue weighted by Crippen LogP contribution is 1.96. The summed E-state index contributed by atoms with van der Waals surface area (Å²) in [7, 11) is 2.81. The minimum absolute atomic E-state index is 0.0499. The van der Waals surface area contributed by atoms with Crippen LogP contribution >= 0.6 is 0 Å². The summed E-state index contributed by atoms with van der Waals surface area (Å²) >= 11 is 0. The molecule has 0 aliphatic rings. The summed E-state index contributed by atoms with van der Waals surface area (Å²) in [4.78, 5) is 37.7. The Labute approximate surface area is 118 Å². The molecule has 0 bridgehead atoms. The van der Waals surface area contributed by atoms with Crippen LogP contribution in [0, 0.1) is 0 Å². The van der Waals surface area contributed by atoms with Crippen LogP contribution < -0.4 is 16.6 Å². The van der Waals surface area contributed by atoms with Gasteiger partial charge in [-0.3, -0.25) is 9.36 Å². The topological polar surface area (TPSA) is 124 Å². The number of carbonyl (C=O) groups is 1. The van der Waals surface area contributed by atoms with E-state index < -0.39 is 17.2 Å². The number of carboxylic acid groups (broad SMARTS) is 1. The highest BCUT2D eigenvalue weighted by molar-refractivity contribution is 5.84. The first kappa shape index (κ1) is 14.5. The fraction of sp³-hybridized carbons (Fsp3) is 0.364. The fourth-order valence-corrected chi connectivity index (χ4v) is 1.71. The summed E-state index contributed by atoms with van der Waals surface area (Å²) in [6.45, 7) is 0.726. The summed E-state index contributed by atoms with van der Waals surface area (Å²) in [5.74, 6) is -1.05. The van der Waals surface area contributed by atoms with E-state index in [1.54, 1.807) is 4.57 Å². The molecule has 21 heavy (non-hydrogen) atoms. The highest BCUT2D eigenvalue weighted by atomic mass is 16.4. The van der Waals surface area contributed by atoms with Gasteiger partial charge >= 0.3 is 11.7 Å². The molecule has 0 radical (unpaired) electrons. The molecule has 0 unspecified atom stereocenters. The van der Waals surface area contributed by atoms with E-state index in [9.17, 15) is 14.4 Å². The van der Waals surface area contributed by atoms with Gasteiger partial charge in [0.1, 0.15) is 0 Å². The third-order valence-electron chi connectivity index (χ3n) is 2.84. The van der Waals surface area contributed by atoms with Crippen LogP contribution in [0.1, 0.15) is 10.5 Å². The summed E-state index contributed by atoms with van der Waals surface area (Å²) in [6, 6.07) is 0. The first-order valence-corrected chi connectivity index (χ1v) is 6.03. The van der Waals surface area contributed by atoms with Crippen LogP contribution in [0.2, 0.25) is 0 Å². The Balaban J connectivity index is 2.05. The van der Waals surface area contributed by atoms with Crippen molar-refractivity contribution in [2.24, 2.45) is 14.1 Å². The molecule has 10 nitrogen and oxygen atoms in total. The van der Waals surface area contributed by atoms with E-state index in [0.29, 0.717) is 13.1 Å². The number of nitrogens with zero attached hydrogens (tertiary/aromatic N) is 5. The fourth-order valence-electron chi connectivity index (χ4n) is 1.71. The number of hydrogen-bond acceptors (Lipinski definition) is 6. The second kappa shape index (κ2) is 5.61. The van der Waals surface area contributed by atoms with Gasteiger partial charge in [-0.05, 0) is 0 Å². The zero-order valence-corrected chi connectivity index (χ0v) is 11.5. The van der Waals surface area contributed by atoms with E-state index in [1.165, 1.54) is 26.6 Å². The second-order valence-electron chi connectivity index (χ2n) is 4.35. The van der Waals surface area contributed by atoms with Crippen molar-refractivity contribution in [3.05, 3.63) is 39.1 Å². The summed E-state index contributed by atoms with van der Waals surface area (Å²) in [6.07, 6.45) is 2.77. The molecule has 112 valence electrons. The summed E-state index contributed by atoms with van der Waals surface area (Å²) in [5.41, 5.74) is -1.08. The smallest absolute Gasteiger partial charge is 0.356 e. The molecule has 10 heteroatoms. The Kier molecular flexibility index (Phi) is 3.87. The number of nitrogens with one attached hydrogen (secondary N) is 1. The predicted molar refractivity (Wildman–Crippen MR) is 72.4 cm³/mol. The van der Waals surface area contributed by atoms with Crippen molar-refractivity contribution in [3.8, 4) is 0 Å². The molecule has 0 aliphatic carbocycles. The zero-order chi connectivity index (χ0) is 15.6. The number of aryl methyl sites for hydroxylation is 1. The Morgan fingerprint density at radius 2 is 2.10 bits per heavy atom. The van der Waals surface area contributed by atoms with Gasteiger partial charge < -0.3 is 15.0 Å². The van der Waals surface area contributed by atoms with E-state index >= 15 is 0 Å². The van der Waals surface area contributed by atoms with Crippen LogP contribution in [-0.2, 0) is 20.6 Å². The van der Waals surface area contributed by atoms with Crippen molar-refractivity contribution in [3.63, 3.8) is 0 Å². The molecule has 2 aromatic heterocycles. The minimum Gasteiger partial charge on any atom is -0.476 e. The molecular formula is C11H14N6O4. The average Bonchev–Trinajstić information content (AvgIpc) is 2.91. The van der Waals surface area contributed by atoms with Gasteiger partial charge in [0.2, 0.25) is 5.82 Å². The highest BCUT2D eigenvalue weighted by Gasteiger charge is 2.09. The second-order valence-corrected chi connectivity index (χ2v) is 4.35. The molecule has 0 spiro atoms. The molecule has 0 saturated carbocycles. The Morgan fingerprint density at radius 3 is 2.71 bits per heavy atom. The van der Waals surface area contributed by atoms with Crippen molar-refractivity contribution >= 4 is 11.8 Å². The van der Waals surface area contributed by atoms with Gasteiger partial charge in [0.15, 0.2) is 5.69 Å². The van der Waals surface area contributed by atoms with E-state index in [-0.39, 0.29) is 11.5 Å². The van der Waals surface area contributed by atoms with Crippen LogP contribution in [-0.4, -0.2) is 41.5 Å². The first-order chi connectivity index (χ1) is 9.90. The van der Waals surface area contributed by atoms with Gasteiger partial charge in [0.05, 0.1) is 6.33 Å². The zero-order valence-electron chi connectivity index (χ0n) is 11.5. The molecule has 2 rings (SSSR count). The molecule has 0 aliphatic heterocycles. The minimum atomic E-state index is -1.10. The molecule has 2 heterocycles. The quantitative estimate of drug-likeness (QED) is 0.686.